The number of carboxylic acid groups (broad SMARTS) is 1. The van der Waals surface area contributed by atoms with Gasteiger partial charge in [0.1, 0.15) is 11.6 Å². The third kappa shape index (κ3) is 3.79. The van der Waals surface area contributed by atoms with Crippen LogP contribution in [0.25, 0.3) is 0 Å². The number of nitrogens with zero attached hydrogens (tertiary/aromatic N) is 1. The van der Waals surface area contributed by atoms with Crippen LogP contribution in [0.3, 0.4) is 0 Å². The third-order valence-corrected chi connectivity index (χ3v) is 4.28. The van der Waals surface area contributed by atoms with Crippen LogP contribution >= 0.6 is 0 Å². The number of halogens is 2. The van der Waals surface area contributed by atoms with Crippen molar-refractivity contribution in [2.24, 2.45) is 0 Å². The van der Waals surface area contributed by atoms with E-state index < -0.39 is 17.6 Å². The van der Waals surface area contributed by atoms with Gasteiger partial charge < -0.3 is 5.11 Å². The Bertz CT molecular complexity index is 487. The van der Waals surface area contributed by atoms with E-state index in [2.05, 4.69) is 0 Å². The minimum absolute atomic E-state index is 0.0730. The maximum atomic E-state index is 13.9. The summed E-state index contributed by atoms with van der Waals surface area (Å²) < 4.78 is 27.9. The number of benzene rings is 1. The first-order chi connectivity index (χ1) is 10.0. The zero-order valence-corrected chi connectivity index (χ0v) is 12.2. The summed E-state index contributed by atoms with van der Waals surface area (Å²) in [5.74, 6) is -1.90. The van der Waals surface area contributed by atoms with Gasteiger partial charge in [-0.1, -0.05) is 12.5 Å². The van der Waals surface area contributed by atoms with Gasteiger partial charge >= 0.3 is 5.97 Å². The predicted octanol–water partition coefficient (Wildman–Crippen LogP) is 3.75. The Kier molecular flexibility index (Phi) is 5.28. The molecule has 1 aliphatic rings. The summed E-state index contributed by atoms with van der Waals surface area (Å²) in [5, 5.41) is 8.84. The summed E-state index contributed by atoms with van der Waals surface area (Å²) in [4.78, 5) is 12.8. The van der Waals surface area contributed by atoms with Crippen LogP contribution in [0, 0.1) is 11.6 Å². The fourth-order valence-electron chi connectivity index (χ4n) is 3.21. The first-order valence-electron chi connectivity index (χ1n) is 7.42. The fraction of sp³-hybridized carbons (Fsp3) is 0.562. The lowest BCUT2D eigenvalue weighted by atomic mass is 9.94. The molecule has 0 spiro atoms. The largest absolute Gasteiger partial charge is 0.481 e. The highest BCUT2D eigenvalue weighted by atomic mass is 19.1. The SMILES string of the molecule is CC(c1c(F)cccc1F)N1CCCCC1CCC(=O)O. The molecule has 1 heterocycles. The summed E-state index contributed by atoms with van der Waals surface area (Å²) in [5.41, 5.74) is 0.0831. The van der Waals surface area contributed by atoms with Crippen LogP contribution in [0.15, 0.2) is 18.2 Å². The molecule has 0 bridgehead atoms. The monoisotopic (exact) mass is 297 g/mol. The highest BCUT2D eigenvalue weighted by Gasteiger charge is 2.30. The molecule has 3 nitrogen and oxygen atoms in total. The van der Waals surface area contributed by atoms with Crippen LogP contribution < -0.4 is 0 Å². The van der Waals surface area contributed by atoms with E-state index in [9.17, 15) is 13.6 Å². The third-order valence-electron chi connectivity index (χ3n) is 4.28. The molecule has 0 amide bonds. The summed E-state index contributed by atoms with van der Waals surface area (Å²) in [6, 6.07) is 3.59. The second-order valence-corrected chi connectivity index (χ2v) is 5.63. The second-order valence-electron chi connectivity index (χ2n) is 5.63. The molecule has 116 valence electrons. The highest BCUT2D eigenvalue weighted by molar-refractivity contribution is 5.66. The van der Waals surface area contributed by atoms with E-state index in [0.717, 1.165) is 25.8 Å². The molecule has 2 atom stereocenters. The Morgan fingerprint density at radius 1 is 1.38 bits per heavy atom. The van der Waals surface area contributed by atoms with Gasteiger partial charge in [-0.3, -0.25) is 9.69 Å². The lowest BCUT2D eigenvalue weighted by molar-refractivity contribution is -0.137. The Morgan fingerprint density at radius 2 is 2.05 bits per heavy atom. The van der Waals surface area contributed by atoms with Crippen LogP contribution in [0.2, 0.25) is 0 Å². The van der Waals surface area contributed by atoms with Gasteiger partial charge in [-0.2, -0.15) is 0 Å². The van der Waals surface area contributed by atoms with Crippen LogP contribution in [0.5, 0.6) is 0 Å². The minimum atomic E-state index is -0.828. The standard InChI is InChI=1S/C16H21F2NO2/c1-11(16-13(17)6-4-7-14(16)18)19-10-3-2-5-12(19)8-9-15(20)21/h4,6-7,11-12H,2-3,5,8-10H2,1H3,(H,20,21). The average molecular weight is 297 g/mol. The molecule has 2 rings (SSSR count). The number of likely N-dealkylation sites (tertiary alicyclic amines) is 1. The lowest BCUT2D eigenvalue weighted by Gasteiger charge is -2.40. The topological polar surface area (TPSA) is 40.5 Å². The normalized spacial score (nSPS) is 21.2. The minimum Gasteiger partial charge on any atom is -0.481 e. The van der Waals surface area contributed by atoms with Gasteiger partial charge in [0.05, 0.1) is 0 Å². The van der Waals surface area contributed by atoms with E-state index >= 15 is 0 Å². The lowest BCUT2D eigenvalue weighted by Crippen LogP contribution is -2.41. The Labute approximate surface area is 123 Å². The van der Waals surface area contributed by atoms with Gasteiger partial charge in [0.15, 0.2) is 0 Å². The van der Waals surface area contributed by atoms with Crippen molar-refractivity contribution in [1.82, 2.24) is 4.90 Å². The zero-order chi connectivity index (χ0) is 15.4. The Morgan fingerprint density at radius 3 is 2.67 bits per heavy atom. The summed E-state index contributed by atoms with van der Waals surface area (Å²) in [6.07, 6.45) is 3.51. The van der Waals surface area contributed by atoms with E-state index in [0.29, 0.717) is 6.42 Å². The van der Waals surface area contributed by atoms with Crippen molar-refractivity contribution in [1.29, 1.82) is 0 Å². The zero-order valence-electron chi connectivity index (χ0n) is 12.2. The molecular formula is C16H21F2NO2. The van der Waals surface area contributed by atoms with Gasteiger partial charge in [0.25, 0.3) is 0 Å². The van der Waals surface area contributed by atoms with Crippen molar-refractivity contribution in [3.05, 3.63) is 35.4 Å². The molecule has 1 N–H and O–H groups in total. The molecule has 1 fully saturated rings. The maximum Gasteiger partial charge on any atom is 0.303 e. The molecule has 0 aliphatic carbocycles. The van der Waals surface area contributed by atoms with E-state index in [1.54, 1.807) is 6.92 Å². The van der Waals surface area contributed by atoms with Gasteiger partial charge in [-0.25, -0.2) is 8.78 Å². The van der Waals surface area contributed by atoms with Gasteiger partial charge in [0.2, 0.25) is 0 Å². The molecule has 1 aromatic carbocycles. The number of rotatable bonds is 5. The number of piperidine rings is 1. The summed E-state index contributed by atoms with van der Waals surface area (Å²) in [7, 11) is 0. The highest BCUT2D eigenvalue weighted by Crippen LogP contribution is 2.32. The molecule has 1 aromatic rings. The number of hydrogen-bond donors (Lipinski definition) is 1. The van der Waals surface area contributed by atoms with Crippen LogP contribution in [0.4, 0.5) is 8.78 Å². The molecular weight excluding hydrogens is 276 g/mol. The van der Waals surface area contributed by atoms with Crippen molar-refractivity contribution in [3.8, 4) is 0 Å². The van der Waals surface area contributed by atoms with Crippen molar-refractivity contribution in [2.75, 3.05) is 6.54 Å². The van der Waals surface area contributed by atoms with E-state index in [-0.39, 0.29) is 24.1 Å². The van der Waals surface area contributed by atoms with Crippen LogP contribution in [0.1, 0.15) is 50.6 Å². The molecule has 0 radical (unpaired) electrons. The molecule has 0 aromatic heterocycles. The van der Waals surface area contributed by atoms with E-state index in [1.807, 2.05) is 4.90 Å². The first-order valence-corrected chi connectivity index (χ1v) is 7.42. The van der Waals surface area contributed by atoms with Gasteiger partial charge in [0, 0.05) is 24.1 Å². The van der Waals surface area contributed by atoms with Gasteiger partial charge in [-0.05, 0) is 44.9 Å². The van der Waals surface area contributed by atoms with Crippen molar-refractivity contribution >= 4 is 5.97 Å². The van der Waals surface area contributed by atoms with Crippen molar-refractivity contribution in [3.63, 3.8) is 0 Å². The quantitative estimate of drug-likeness (QED) is 0.900. The predicted molar refractivity (Wildman–Crippen MR) is 76.0 cm³/mol. The van der Waals surface area contributed by atoms with Gasteiger partial charge in [-0.15, -0.1) is 0 Å². The molecule has 2 unspecified atom stereocenters. The maximum absolute atomic E-state index is 13.9. The average Bonchev–Trinajstić information content (AvgIpc) is 2.45. The molecule has 21 heavy (non-hydrogen) atoms. The molecule has 1 saturated heterocycles. The van der Waals surface area contributed by atoms with E-state index in [4.69, 9.17) is 5.11 Å². The smallest absolute Gasteiger partial charge is 0.303 e. The first kappa shape index (κ1) is 15.9. The summed E-state index contributed by atoms with van der Waals surface area (Å²) >= 11 is 0. The number of aliphatic carboxylic acids is 1. The number of carbonyl (C=O) groups is 1. The van der Waals surface area contributed by atoms with Crippen molar-refractivity contribution in [2.45, 2.75) is 51.1 Å². The second kappa shape index (κ2) is 6.98. The van der Waals surface area contributed by atoms with Crippen LogP contribution in [-0.4, -0.2) is 28.6 Å². The van der Waals surface area contributed by atoms with Crippen LogP contribution in [-0.2, 0) is 4.79 Å². The number of hydrogen-bond acceptors (Lipinski definition) is 2. The molecule has 0 saturated carbocycles. The Hall–Kier alpha value is -1.49. The van der Waals surface area contributed by atoms with E-state index in [1.165, 1.54) is 18.2 Å². The molecule has 5 heteroatoms. The molecule has 1 aliphatic heterocycles. The Balaban J connectivity index is 2.18. The summed E-state index contributed by atoms with van der Waals surface area (Å²) in [6.45, 7) is 2.54. The van der Waals surface area contributed by atoms with Crippen molar-refractivity contribution < 1.29 is 18.7 Å². The number of carboxylic acids is 1. The fourth-order valence-corrected chi connectivity index (χ4v) is 3.21.